The van der Waals surface area contributed by atoms with E-state index in [-0.39, 0.29) is 11.8 Å². The summed E-state index contributed by atoms with van der Waals surface area (Å²) in [5, 5.41) is 9.67. The quantitative estimate of drug-likeness (QED) is 0.767. The van der Waals surface area contributed by atoms with E-state index in [1.807, 2.05) is 6.07 Å². The number of hydrogen-bond acceptors (Lipinski definition) is 2. The van der Waals surface area contributed by atoms with Gasteiger partial charge in [0.25, 0.3) is 0 Å². The molecule has 1 aromatic rings. The fourth-order valence-electron chi connectivity index (χ4n) is 2.25. The van der Waals surface area contributed by atoms with Crippen molar-refractivity contribution < 1.29 is 4.79 Å². The summed E-state index contributed by atoms with van der Waals surface area (Å²) < 4.78 is 0. The van der Waals surface area contributed by atoms with Crippen molar-refractivity contribution >= 4 is 5.91 Å². The van der Waals surface area contributed by atoms with Crippen molar-refractivity contribution in [3.05, 3.63) is 18.0 Å². The number of aromatic nitrogens is 2. The first-order chi connectivity index (χ1) is 7.86. The molecule has 88 valence electrons. The maximum Gasteiger partial charge on any atom is 0.223 e. The van der Waals surface area contributed by atoms with E-state index in [0.29, 0.717) is 6.54 Å². The molecule has 1 aliphatic rings. The molecule has 4 nitrogen and oxygen atoms in total. The van der Waals surface area contributed by atoms with Crippen LogP contribution < -0.4 is 5.32 Å². The second-order valence-corrected chi connectivity index (χ2v) is 4.49. The van der Waals surface area contributed by atoms with E-state index in [1.165, 1.54) is 25.7 Å². The molecule has 2 rings (SSSR count). The molecule has 0 aliphatic heterocycles. The maximum atomic E-state index is 11.9. The Hall–Kier alpha value is -1.32. The lowest BCUT2D eigenvalue weighted by molar-refractivity contribution is -0.125. The Bertz CT molecular complexity index is 313. The van der Waals surface area contributed by atoms with Gasteiger partial charge in [0.2, 0.25) is 5.91 Å². The van der Waals surface area contributed by atoms with Gasteiger partial charge in [0.15, 0.2) is 0 Å². The van der Waals surface area contributed by atoms with Gasteiger partial charge in [-0.25, -0.2) is 0 Å². The largest absolute Gasteiger partial charge is 0.350 e. The molecule has 1 amide bonds. The molecule has 16 heavy (non-hydrogen) atoms. The average molecular weight is 221 g/mol. The first-order valence-corrected chi connectivity index (χ1v) is 6.12. The van der Waals surface area contributed by atoms with E-state index in [1.54, 1.807) is 6.20 Å². The van der Waals surface area contributed by atoms with E-state index in [9.17, 15) is 4.79 Å². The van der Waals surface area contributed by atoms with Gasteiger partial charge in [-0.1, -0.05) is 25.7 Å². The Morgan fingerprint density at radius 3 is 2.75 bits per heavy atom. The van der Waals surface area contributed by atoms with Crippen LogP contribution in [0.15, 0.2) is 12.3 Å². The minimum Gasteiger partial charge on any atom is -0.350 e. The molecule has 1 fully saturated rings. The highest BCUT2D eigenvalue weighted by Crippen LogP contribution is 2.22. The molecule has 2 N–H and O–H groups in total. The van der Waals surface area contributed by atoms with Crippen molar-refractivity contribution in [2.24, 2.45) is 5.92 Å². The number of carbonyl (C=O) groups excluding carboxylic acids is 1. The van der Waals surface area contributed by atoms with Gasteiger partial charge in [-0.05, 0) is 18.9 Å². The van der Waals surface area contributed by atoms with Crippen LogP contribution in [-0.2, 0) is 11.3 Å². The van der Waals surface area contributed by atoms with Gasteiger partial charge < -0.3 is 5.32 Å². The molecule has 4 heteroatoms. The molecule has 1 heterocycles. The van der Waals surface area contributed by atoms with Crippen LogP contribution in [0.4, 0.5) is 0 Å². The van der Waals surface area contributed by atoms with Crippen molar-refractivity contribution in [2.75, 3.05) is 0 Å². The van der Waals surface area contributed by atoms with Crippen LogP contribution in [0.25, 0.3) is 0 Å². The van der Waals surface area contributed by atoms with Crippen LogP contribution in [-0.4, -0.2) is 16.1 Å². The van der Waals surface area contributed by atoms with E-state index in [2.05, 4.69) is 15.5 Å². The topological polar surface area (TPSA) is 57.8 Å². The smallest absolute Gasteiger partial charge is 0.223 e. The standard InChI is InChI=1S/C12H19N3O/c16-12(10-5-3-1-2-4-6-10)13-9-11-7-8-14-15-11/h7-8,10H,1-6,9H2,(H,13,16)(H,14,15). The monoisotopic (exact) mass is 221 g/mol. The van der Waals surface area contributed by atoms with Gasteiger partial charge in [-0.15, -0.1) is 0 Å². The Morgan fingerprint density at radius 2 is 2.12 bits per heavy atom. The van der Waals surface area contributed by atoms with Crippen molar-refractivity contribution in [2.45, 2.75) is 45.1 Å². The van der Waals surface area contributed by atoms with Crippen LogP contribution in [0.5, 0.6) is 0 Å². The van der Waals surface area contributed by atoms with Crippen LogP contribution in [0.1, 0.15) is 44.2 Å². The number of hydrogen-bond donors (Lipinski definition) is 2. The predicted molar refractivity (Wildman–Crippen MR) is 61.6 cm³/mol. The number of aromatic amines is 1. The van der Waals surface area contributed by atoms with E-state index in [0.717, 1.165) is 18.5 Å². The minimum absolute atomic E-state index is 0.205. The van der Waals surface area contributed by atoms with Crippen molar-refractivity contribution in [1.29, 1.82) is 0 Å². The number of carbonyl (C=O) groups is 1. The van der Waals surface area contributed by atoms with Crippen molar-refractivity contribution in [3.63, 3.8) is 0 Å². The van der Waals surface area contributed by atoms with Crippen LogP contribution >= 0.6 is 0 Å². The fraction of sp³-hybridized carbons (Fsp3) is 0.667. The van der Waals surface area contributed by atoms with Gasteiger partial charge in [-0.3, -0.25) is 9.89 Å². The van der Waals surface area contributed by atoms with Gasteiger partial charge in [0, 0.05) is 12.1 Å². The zero-order chi connectivity index (χ0) is 11.2. The van der Waals surface area contributed by atoms with E-state index < -0.39 is 0 Å². The minimum atomic E-state index is 0.205. The van der Waals surface area contributed by atoms with Gasteiger partial charge in [-0.2, -0.15) is 5.10 Å². The summed E-state index contributed by atoms with van der Waals surface area (Å²) >= 11 is 0. The zero-order valence-corrected chi connectivity index (χ0v) is 9.54. The average Bonchev–Trinajstić information content (AvgIpc) is 2.66. The molecular formula is C12H19N3O. The summed E-state index contributed by atoms with van der Waals surface area (Å²) in [6.07, 6.45) is 8.76. The highest BCUT2D eigenvalue weighted by Gasteiger charge is 2.19. The third kappa shape index (κ3) is 3.08. The van der Waals surface area contributed by atoms with Crippen molar-refractivity contribution in [3.8, 4) is 0 Å². The molecule has 0 aromatic carbocycles. The molecule has 0 radical (unpaired) electrons. The van der Waals surface area contributed by atoms with Crippen LogP contribution in [0.3, 0.4) is 0 Å². The van der Waals surface area contributed by atoms with Gasteiger partial charge in [0.1, 0.15) is 0 Å². The number of nitrogens with one attached hydrogen (secondary N) is 2. The lowest BCUT2D eigenvalue weighted by Crippen LogP contribution is -2.30. The van der Waals surface area contributed by atoms with E-state index >= 15 is 0 Å². The Morgan fingerprint density at radius 1 is 1.38 bits per heavy atom. The SMILES string of the molecule is O=C(NCc1ccn[nH]1)C1CCCCCC1. The Labute approximate surface area is 95.8 Å². The molecule has 0 atom stereocenters. The predicted octanol–water partition coefficient (Wildman–Crippen LogP) is 2.00. The molecule has 1 aliphatic carbocycles. The molecule has 0 spiro atoms. The Kier molecular flexibility index (Phi) is 3.97. The summed E-state index contributed by atoms with van der Waals surface area (Å²) in [5.41, 5.74) is 0.960. The highest BCUT2D eigenvalue weighted by atomic mass is 16.1. The van der Waals surface area contributed by atoms with Crippen LogP contribution in [0, 0.1) is 5.92 Å². The summed E-state index contributed by atoms with van der Waals surface area (Å²) in [4.78, 5) is 11.9. The lowest BCUT2D eigenvalue weighted by Gasteiger charge is -2.13. The summed E-state index contributed by atoms with van der Waals surface area (Å²) in [7, 11) is 0. The number of rotatable bonds is 3. The molecule has 1 aromatic heterocycles. The van der Waals surface area contributed by atoms with Gasteiger partial charge >= 0.3 is 0 Å². The second kappa shape index (κ2) is 5.68. The Balaban J connectivity index is 1.78. The highest BCUT2D eigenvalue weighted by molar-refractivity contribution is 5.78. The third-order valence-electron chi connectivity index (χ3n) is 3.24. The number of amides is 1. The van der Waals surface area contributed by atoms with Crippen LogP contribution in [0.2, 0.25) is 0 Å². The number of H-pyrrole nitrogens is 1. The van der Waals surface area contributed by atoms with Gasteiger partial charge in [0.05, 0.1) is 12.2 Å². The van der Waals surface area contributed by atoms with E-state index in [4.69, 9.17) is 0 Å². The van der Waals surface area contributed by atoms with Crippen molar-refractivity contribution in [1.82, 2.24) is 15.5 Å². The molecule has 1 saturated carbocycles. The summed E-state index contributed by atoms with van der Waals surface area (Å²) in [6.45, 7) is 0.565. The maximum absolute atomic E-state index is 11.9. The fourth-order valence-corrected chi connectivity index (χ4v) is 2.25. The normalized spacial score (nSPS) is 18.0. The number of nitrogens with zero attached hydrogens (tertiary/aromatic N) is 1. The second-order valence-electron chi connectivity index (χ2n) is 4.49. The molecule has 0 bridgehead atoms. The summed E-state index contributed by atoms with van der Waals surface area (Å²) in [5.74, 6) is 0.432. The first kappa shape index (κ1) is 11.2. The molecule has 0 saturated heterocycles. The summed E-state index contributed by atoms with van der Waals surface area (Å²) in [6, 6.07) is 1.88. The zero-order valence-electron chi connectivity index (χ0n) is 9.54. The molecule has 0 unspecified atom stereocenters. The first-order valence-electron chi connectivity index (χ1n) is 6.12. The lowest BCUT2D eigenvalue weighted by atomic mass is 9.99. The third-order valence-corrected chi connectivity index (χ3v) is 3.24. The molecular weight excluding hydrogens is 202 g/mol.